The lowest BCUT2D eigenvalue weighted by atomic mass is 10.1. The van der Waals surface area contributed by atoms with Gasteiger partial charge in [0.2, 0.25) is 0 Å². The van der Waals surface area contributed by atoms with Gasteiger partial charge in [0, 0.05) is 18.8 Å². The molecule has 23 heavy (non-hydrogen) atoms. The number of urea groups is 1. The number of pyridine rings is 1. The highest BCUT2D eigenvalue weighted by Gasteiger charge is 2.33. The Bertz CT molecular complexity index is 706. The van der Waals surface area contributed by atoms with Crippen molar-refractivity contribution in [2.45, 2.75) is 44.6 Å². The third-order valence-corrected chi connectivity index (χ3v) is 4.56. The van der Waals surface area contributed by atoms with Crippen molar-refractivity contribution in [2.24, 2.45) is 0 Å². The third kappa shape index (κ3) is 2.93. The summed E-state index contributed by atoms with van der Waals surface area (Å²) in [4.78, 5) is 18.7. The van der Waals surface area contributed by atoms with Gasteiger partial charge in [-0.1, -0.05) is 11.2 Å². The van der Waals surface area contributed by atoms with E-state index in [1.165, 1.54) is 18.4 Å². The number of anilines is 1. The maximum atomic E-state index is 12.5. The number of hydrogen-bond donors (Lipinski definition) is 1. The molecule has 6 heteroatoms. The van der Waals surface area contributed by atoms with Gasteiger partial charge < -0.3 is 9.42 Å². The molecule has 0 spiro atoms. The Morgan fingerprint density at radius 3 is 2.87 bits per heavy atom. The van der Waals surface area contributed by atoms with Crippen molar-refractivity contribution < 1.29 is 9.32 Å². The van der Waals surface area contributed by atoms with Crippen LogP contribution in [-0.4, -0.2) is 27.6 Å². The van der Waals surface area contributed by atoms with Crippen molar-refractivity contribution in [3.8, 4) is 0 Å². The number of likely N-dealkylation sites (tertiary alicyclic amines) is 1. The van der Waals surface area contributed by atoms with Crippen molar-refractivity contribution in [1.29, 1.82) is 0 Å². The van der Waals surface area contributed by atoms with Gasteiger partial charge in [0.25, 0.3) is 0 Å². The summed E-state index contributed by atoms with van der Waals surface area (Å²) >= 11 is 0. The zero-order valence-corrected chi connectivity index (χ0v) is 13.2. The Kier molecular flexibility index (Phi) is 3.52. The van der Waals surface area contributed by atoms with Crippen molar-refractivity contribution in [3.63, 3.8) is 0 Å². The highest BCUT2D eigenvalue weighted by atomic mass is 16.5. The summed E-state index contributed by atoms with van der Waals surface area (Å²) in [6, 6.07) is 5.67. The molecule has 0 radical (unpaired) electrons. The topological polar surface area (TPSA) is 71.3 Å². The smallest absolute Gasteiger partial charge is 0.323 e. The molecule has 0 aromatic carbocycles. The van der Waals surface area contributed by atoms with Gasteiger partial charge in [0.1, 0.15) is 5.82 Å². The maximum absolute atomic E-state index is 12.5. The van der Waals surface area contributed by atoms with Crippen LogP contribution in [0.2, 0.25) is 0 Å². The minimum atomic E-state index is -0.131. The molecule has 1 saturated carbocycles. The van der Waals surface area contributed by atoms with Gasteiger partial charge in [-0.15, -0.1) is 0 Å². The predicted molar refractivity (Wildman–Crippen MR) is 85.2 cm³/mol. The number of rotatable bonds is 3. The van der Waals surface area contributed by atoms with E-state index in [-0.39, 0.29) is 12.1 Å². The molecule has 2 aromatic heterocycles. The molecule has 1 atom stereocenters. The Labute approximate surface area is 134 Å². The first-order valence-electron chi connectivity index (χ1n) is 8.17. The zero-order valence-electron chi connectivity index (χ0n) is 13.2. The normalized spacial score (nSPS) is 20.7. The van der Waals surface area contributed by atoms with Gasteiger partial charge >= 0.3 is 6.03 Å². The molecule has 1 saturated heterocycles. The first-order chi connectivity index (χ1) is 11.2. The fraction of sp³-hybridized carbons (Fsp3) is 0.471. The van der Waals surface area contributed by atoms with Crippen LogP contribution < -0.4 is 5.32 Å². The van der Waals surface area contributed by atoms with Gasteiger partial charge in [0.15, 0.2) is 5.76 Å². The highest BCUT2D eigenvalue weighted by Crippen LogP contribution is 2.39. The molecule has 1 aliphatic heterocycles. The quantitative estimate of drug-likeness (QED) is 0.939. The van der Waals surface area contributed by atoms with Crippen molar-refractivity contribution in [2.75, 3.05) is 11.9 Å². The lowest BCUT2D eigenvalue weighted by Gasteiger charge is -2.22. The second-order valence-corrected chi connectivity index (χ2v) is 6.40. The number of amides is 2. The van der Waals surface area contributed by atoms with Crippen molar-refractivity contribution in [3.05, 3.63) is 41.4 Å². The predicted octanol–water partition coefficient (Wildman–Crippen LogP) is 3.62. The first-order valence-corrected chi connectivity index (χ1v) is 8.17. The van der Waals surface area contributed by atoms with Gasteiger partial charge in [-0.2, -0.15) is 0 Å². The van der Waals surface area contributed by atoms with Crippen LogP contribution >= 0.6 is 0 Å². The molecule has 3 heterocycles. The summed E-state index contributed by atoms with van der Waals surface area (Å²) in [5, 5.41) is 6.82. The number of aromatic nitrogens is 2. The molecule has 2 fully saturated rings. The van der Waals surface area contributed by atoms with E-state index in [0.717, 1.165) is 30.8 Å². The second kappa shape index (κ2) is 5.68. The Morgan fingerprint density at radius 1 is 1.35 bits per heavy atom. The molecule has 1 N–H and O–H groups in total. The van der Waals surface area contributed by atoms with E-state index in [2.05, 4.69) is 21.5 Å². The summed E-state index contributed by atoms with van der Waals surface area (Å²) in [7, 11) is 0. The van der Waals surface area contributed by atoms with Crippen LogP contribution in [0.3, 0.4) is 0 Å². The average Bonchev–Trinajstić information content (AvgIpc) is 3.12. The van der Waals surface area contributed by atoms with E-state index in [1.54, 1.807) is 4.90 Å². The first kappa shape index (κ1) is 14.2. The van der Waals surface area contributed by atoms with Crippen LogP contribution in [0.25, 0.3) is 0 Å². The number of nitrogens with zero attached hydrogens (tertiary/aromatic N) is 3. The summed E-state index contributed by atoms with van der Waals surface area (Å²) < 4.78 is 5.34. The molecule has 2 aliphatic rings. The Hall–Kier alpha value is -2.37. The maximum Gasteiger partial charge on any atom is 0.323 e. The number of carbonyl (C=O) groups excluding carboxylic acids is 1. The molecule has 1 aliphatic carbocycles. The average molecular weight is 312 g/mol. The minimum Gasteiger partial charge on any atom is -0.359 e. The van der Waals surface area contributed by atoms with E-state index in [1.807, 2.05) is 25.3 Å². The lowest BCUT2D eigenvalue weighted by molar-refractivity contribution is 0.195. The number of nitrogens with one attached hydrogen (secondary N) is 1. The molecular formula is C17H20N4O2. The molecule has 2 amide bonds. The van der Waals surface area contributed by atoms with Crippen molar-refractivity contribution in [1.82, 2.24) is 15.0 Å². The monoisotopic (exact) mass is 312 g/mol. The second-order valence-electron chi connectivity index (χ2n) is 6.40. The number of aryl methyl sites for hydroxylation is 1. The van der Waals surface area contributed by atoms with E-state index in [0.29, 0.717) is 11.7 Å². The van der Waals surface area contributed by atoms with Crippen LogP contribution in [0.5, 0.6) is 0 Å². The largest absolute Gasteiger partial charge is 0.359 e. The Balaban J connectivity index is 1.45. The van der Waals surface area contributed by atoms with Gasteiger partial charge in [-0.3, -0.25) is 5.32 Å². The number of carbonyl (C=O) groups is 1. The van der Waals surface area contributed by atoms with E-state index in [9.17, 15) is 4.79 Å². The third-order valence-electron chi connectivity index (χ3n) is 4.56. The van der Waals surface area contributed by atoms with Crippen LogP contribution in [0, 0.1) is 6.92 Å². The summed E-state index contributed by atoms with van der Waals surface area (Å²) in [6.07, 6.45) is 6.23. The fourth-order valence-electron chi connectivity index (χ4n) is 3.16. The van der Waals surface area contributed by atoms with E-state index in [4.69, 9.17) is 4.52 Å². The van der Waals surface area contributed by atoms with Crippen LogP contribution in [0.15, 0.2) is 28.9 Å². The molecule has 120 valence electrons. The molecular weight excluding hydrogens is 292 g/mol. The summed E-state index contributed by atoms with van der Waals surface area (Å²) in [5.41, 5.74) is 2.10. The standard InChI is InChI=1S/C17H20N4O2/c1-11-9-15(23-20-11)14-3-2-8-21(14)17(22)19-16-7-6-13(10-18-16)12-4-5-12/h6-7,9-10,12,14H,2-5,8H2,1H3,(H,18,19,22). The highest BCUT2D eigenvalue weighted by molar-refractivity contribution is 5.88. The summed E-state index contributed by atoms with van der Waals surface area (Å²) in [6.45, 7) is 2.61. The van der Waals surface area contributed by atoms with Gasteiger partial charge in [0.05, 0.1) is 11.7 Å². The molecule has 2 aromatic rings. The van der Waals surface area contributed by atoms with E-state index >= 15 is 0 Å². The van der Waals surface area contributed by atoms with Gasteiger partial charge in [-0.25, -0.2) is 9.78 Å². The molecule has 4 rings (SSSR count). The van der Waals surface area contributed by atoms with Gasteiger partial charge in [-0.05, 0) is 50.2 Å². The molecule has 1 unspecified atom stereocenters. The fourth-order valence-corrected chi connectivity index (χ4v) is 3.16. The van der Waals surface area contributed by atoms with E-state index < -0.39 is 0 Å². The SMILES string of the molecule is Cc1cc(C2CCCN2C(=O)Nc2ccc(C3CC3)cn2)on1. The lowest BCUT2D eigenvalue weighted by Crippen LogP contribution is -2.34. The molecule has 6 nitrogen and oxygen atoms in total. The number of hydrogen-bond acceptors (Lipinski definition) is 4. The van der Waals surface area contributed by atoms with Crippen molar-refractivity contribution >= 4 is 11.8 Å². The van der Waals surface area contributed by atoms with Crippen LogP contribution in [0.1, 0.15) is 54.7 Å². The Morgan fingerprint density at radius 2 is 2.22 bits per heavy atom. The minimum absolute atomic E-state index is 0.0399. The summed E-state index contributed by atoms with van der Waals surface area (Å²) in [5.74, 6) is 2.02. The van der Waals surface area contributed by atoms with Crippen LogP contribution in [0.4, 0.5) is 10.6 Å². The zero-order chi connectivity index (χ0) is 15.8. The molecule has 0 bridgehead atoms. The van der Waals surface area contributed by atoms with Crippen LogP contribution in [-0.2, 0) is 0 Å².